The number of amides is 1. The molecule has 108 valence electrons. The molecular weight excluding hydrogens is 270 g/mol. The molecule has 3 rings (SSSR count). The fourth-order valence-corrected chi connectivity index (χ4v) is 3.99. The normalized spacial score (nSPS) is 24.0. The average molecular weight is 291 g/mol. The Morgan fingerprint density at radius 2 is 1.90 bits per heavy atom. The summed E-state index contributed by atoms with van der Waals surface area (Å²) in [5, 5.41) is 0. The molecule has 1 aliphatic carbocycles. The molecule has 0 N–H and O–H groups in total. The molecule has 1 aromatic rings. The van der Waals surface area contributed by atoms with E-state index in [0.29, 0.717) is 6.10 Å². The third-order valence-electron chi connectivity index (χ3n) is 3.99. The average Bonchev–Trinajstić information content (AvgIpc) is 2.96. The smallest absolute Gasteiger partial charge is 0.256 e. The summed E-state index contributed by atoms with van der Waals surface area (Å²) in [4.78, 5) is 14.4. The number of hydrogen-bond acceptors (Lipinski definition) is 3. The van der Waals surface area contributed by atoms with Crippen molar-refractivity contribution >= 4 is 17.7 Å². The van der Waals surface area contributed by atoms with Gasteiger partial charge in [0.1, 0.15) is 0 Å². The van der Waals surface area contributed by atoms with Gasteiger partial charge in [-0.25, -0.2) is 0 Å². The van der Waals surface area contributed by atoms with E-state index in [4.69, 9.17) is 4.74 Å². The first-order valence-corrected chi connectivity index (χ1v) is 8.52. The van der Waals surface area contributed by atoms with Crippen molar-refractivity contribution in [3.05, 3.63) is 35.9 Å². The van der Waals surface area contributed by atoms with Gasteiger partial charge in [-0.3, -0.25) is 4.79 Å². The summed E-state index contributed by atoms with van der Waals surface area (Å²) < 4.78 is 6.18. The van der Waals surface area contributed by atoms with E-state index >= 15 is 0 Å². The number of benzene rings is 1. The Morgan fingerprint density at radius 3 is 2.65 bits per heavy atom. The largest absolute Gasteiger partial charge is 0.345 e. The van der Waals surface area contributed by atoms with Gasteiger partial charge in [0.25, 0.3) is 5.91 Å². The molecule has 1 unspecified atom stereocenters. The van der Waals surface area contributed by atoms with Crippen LogP contribution in [0.2, 0.25) is 0 Å². The second-order valence-electron chi connectivity index (χ2n) is 5.44. The van der Waals surface area contributed by atoms with Crippen molar-refractivity contribution < 1.29 is 9.53 Å². The van der Waals surface area contributed by atoms with E-state index in [-0.39, 0.29) is 11.5 Å². The van der Waals surface area contributed by atoms with E-state index in [2.05, 4.69) is 0 Å². The van der Waals surface area contributed by atoms with Gasteiger partial charge in [0, 0.05) is 17.9 Å². The summed E-state index contributed by atoms with van der Waals surface area (Å²) >= 11 is 1.75. The highest BCUT2D eigenvalue weighted by atomic mass is 32.2. The van der Waals surface area contributed by atoms with Gasteiger partial charge in [-0.15, -0.1) is 11.8 Å². The Kier molecular flexibility index (Phi) is 4.63. The van der Waals surface area contributed by atoms with Crippen LogP contribution in [0.1, 0.15) is 42.5 Å². The Labute approximate surface area is 124 Å². The van der Waals surface area contributed by atoms with Gasteiger partial charge in [-0.1, -0.05) is 37.5 Å². The monoisotopic (exact) mass is 291 g/mol. The van der Waals surface area contributed by atoms with Crippen LogP contribution in [0.25, 0.3) is 0 Å². The van der Waals surface area contributed by atoms with Crippen LogP contribution in [0.3, 0.4) is 0 Å². The molecule has 0 spiro atoms. The predicted molar refractivity (Wildman–Crippen MR) is 81.7 cm³/mol. The van der Waals surface area contributed by atoms with E-state index in [9.17, 15) is 4.79 Å². The zero-order valence-electron chi connectivity index (χ0n) is 11.7. The first-order chi connectivity index (χ1) is 9.84. The molecule has 0 bridgehead atoms. The van der Waals surface area contributed by atoms with Crippen LogP contribution in [0, 0.1) is 0 Å². The lowest BCUT2D eigenvalue weighted by Gasteiger charge is -2.30. The summed E-state index contributed by atoms with van der Waals surface area (Å²) in [6, 6.07) is 9.51. The maximum atomic E-state index is 12.5. The van der Waals surface area contributed by atoms with E-state index in [1.54, 1.807) is 11.8 Å². The number of carbonyl (C=O) groups is 1. The van der Waals surface area contributed by atoms with Crippen molar-refractivity contribution in [2.75, 3.05) is 12.3 Å². The van der Waals surface area contributed by atoms with E-state index < -0.39 is 0 Å². The van der Waals surface area contributed by atoms with Gasteiger partial charge in [0.05, 0.1) is 6.10 Å². The minimum Gasteiger partial charge on any atom is -0.345 e. The number of carbonyl (C=O) groups excluding carboxylic acids is 1. The van der Waals surface area contributed by atoms with E-state index in [1.807, 2.05) is 35.2 Å². The molecule has 1 saturated heterocycles. The zero-order valence-corrected chi connectivity index (χ0v) is 12.5. The highest BCUT2D eigenvalue weighted by molar-refractivity contribution is 8.00. The van der Waals surface area contributed by atoms with Gasteiger partial charge in [0.15, 0.2) is 5.56 Å². The third-order valence-corrected chi connectivity index (χ3v) is 5.06. The lowest BCUT2D eigenvalue weighted by atomic mass is 9.98. The minimum atomic E-state index is -0.0918. The fraction of sp³-hybridized carbons (Fsp3) is 0.562. The molecule has 4 heteroatoms. The lowest BCUT2D eigenvalue weighted by molar-refractivity contribution is -0.0427. The summed E-state index contributed by atoms with van der Waals surface area (Å²) in [6.07, 6.45) is 6.47. The molecule has 1 heterocycles. The summed E-state index contributed by atoms with van der Waals surface area (Å²) in [5.74, 6) is 1.06. The Hall–Kier alpha value is -1.00. The molecule has 1 aliphatic heterocycles. The minimum absolute atomic E-state index is 0.0918. The molecule has 2 aliphatic rings. The second-order valence-corrected chi connectivity index (χ2v) is 6.58. The van der Waals surface area contributed by atoms with E-state index in [0.717, 1.165) is 30.7 Å². The van der Waals surface area contributed by atoms with Crippen molar-refractivity contribution in [1.82, 2.24) is 4.90 Å². The Bertz CT molecular complexity index is 445. The second kappa shape index (κ2) is 6.64. The zero-order chi connectivity index (χ0) is 13.8. The fourth-order valence-electron chi connectivity index (χ4n) is 2.87. The number of ether oxygens (including phenoxy) is 1. The lowest BCUT2D eigenvalue weighted by Crippen LogP contribution is -2.38. The Balaban J connectivity index is 1.64. The van der Waals surface area contributed by atoms with Gasteiger partial charge in [-0.2, -0.15) is 0 Å². The topological polar surface area (TPSA) is 29.5 Å². The summed E-state index contributed by atoms with van der Waals surface area (Å²) in [5.41, 5.74) is 0.665. The number of nitrogens with zero attached hydrogens (tertiary/aromatic N) is 1. The Morgan fingerprint density at radius 1 is 1.15 bits per heavy atom. The van der Waals surface area contributed by atoms with E-state index in [1.165, 1.54) is 19.3 Å². The molecule has 1 aromatic carbocycles. The van der Waals surface area contributed by atoms with Crippen molar-refractivity contribution in [2.45, 2.75) is 43.8 Å². The van der Waals surface area contributed by atoms with Crippen LogP contribution in [-0.2, 0) is 4.74 Å². The van der Waals surface area contributed by atoms with Crippen LogP contribution >= 0.6 is 11.8 Å². The van der Waals surface area contributed by atoms with Crippen LogP contribution in [0.5, 0.6) is 0 Å². The molecule has 1 amide bonds. The van der Waals surface area contributed by atoms with Gasteiger partial charge < -0.3 is 9.64 Å². The molecule has 20 heavy (non-hydrogen) atoms. The molecule has 0 aromatic heterocycles. The van der Waals surface area contributed by atoms with Crippen molar-refractivity contribution in [2.24, 2.45) is 0 Å². The highest BCUT2D eigenvalue weighted by Crippen LogP contribution is 2.31. The third kappa shape index (κ3) is 3.18. The van der Waals surface area contributed by atoms with Crippen LogP contribution in [-0.4, -0.2) is 34.8 Å². The summed E-state index contributed by atoms with van der Waals surface area (Å²) in [7, 11) is 0. The maximum absolute atomic E-state index is 12.5. The first kappa shape index (κ1) is 14.0. The SMILES string of the molecule is O=C(c1ccccc1)N1CCSC1OC1CCCCC1. The van der Waals surface area contributed by atoms with Gasteiger partial charge >= 0.3 is 0 Å². The standard InChI is InChI=1S/C16H21NO2S/c18-15(13-7-3-1-4-8-13)17-11-12-20-16(17)19-14-9-5-2-6-10-14/h1,3-4,7-8,14,16H,2,5-6,9-12H2. The van der Waals surface area contributed by atoms with Crippen LogP contribution in [0.4, 0.5) is 0 Å². The number of hydrogen-bond donors (Lipinski definition) is 0. The van der Waals surface area contributed by atoms with Crippen molar-refractivity contribution in [1.29, 1.82) is 0 Å². The number of thioether (sulfide) groups is 1. The first-order valence-electron chi connectivity index (χ1n) is 7.48. The predicted octanol–water partition coefficient (Wildman–Crippen LogP) is 3.51. The van der Waals surface area contributed by atoms with Crippen LogP contribution < -0.4 is 0 Å². The molecule has 3 nitrogen and oxygen atoms in total. The molecule has 1 atom stereocenters. The summed E-state index contributed by atoms with van der Waals surface area (Å²) in [6.45, 7) is 0.787. The number of rotatable bonds is 3. The van der Waals surface area contributed by atoms with Crippen molar-refractivity contribution in [3.8, 4) is 0 Å². The quantitative estimate of drug-likeness (QED) is 0.853. The molecular formula is C16H21NO2S. The van der Waals surface area contributed by atoms with Crippen molar-refractivity contribution in [3.63, 3.8) is 0 Å². The van der Waals surface area contributed by atoms with Gasteiger partial charge in [0.2, 0.25) is 0 Å². The molecule has 2 fully saturated rings. The highest BCUT2D eigenvalue weighted by Gasteiger charge is 2.32. The maximum Gasteiger partial charge on any atom is 0.256 e. The van der Waals surface area contributed by atoms with Crippen LogP contribution in [0.15, 0.2) is 30.3 Å². The molecule has 0 radical (unpaired) electrons. The van der Waals surface area contributed by atoms with Gasteiger partial charge in [-0.05, 0) is 25.0 Å². The molecule has 1 saturated carbocycles.